The first-order valence-corrected chi connectivity index (χ1v) is 8.09. The lowest BCUT2D eigenvalue weighted by molar-refractivity contribution is 0.234. The molecular formula is C16H18Cl2N2O. The number of nitriles is 1. The monoisotopic (exact) mass is 324 g/mol. The van der Waals surface area contributed by atoms with Gasteiger partial charge in [-0.25, -0.2) is 0 Å². The Bertz CT molecular complexity index is 574. The van der Waals surface area contributed by atoms with E-state index in [1.165, 1.54) is 12.8 Å². The van der Waals surface area contributed by atoms with Crippen LogP contribution in [0.5, 0.6) is 5.75 Å². The molecule has 0 bridgehead atoms. The Morgan fingerprint density at radius 2 is 2.10 bits per heavy atom. The van der Waals surface area contributed by atoms with E-state index in [2.05, 4.69) is 11.4 Å². The molecule has 0 saturated heterocycles. The van der Waals surface area contributed by atoms with Crippen molar-refractivity contribution < 1.29 is 4.74 Å². The minimum Gasteiger partial charge on any atom is -0.491 e. The topological polar surface area (TPSA) is 45.0 Å². The highest BCUT2D eigenvalue weighted by molar-refractivity contribution is 6.35. The normalized spacial score (nSPS) is 19.1. The van der Waals surface area contributed by atoms with Gasteiger partial charge in [-0.3, -0.25) is 0 Å². The van der Waals surface area contributed by atoms with Crippen molar-refractivity contribution >= 4 is 23.2 Å². The molecule has 1 N–H and O–H groups in total. The molecule has 0 radical (unpaired) electrons. The average molecular weight is 325 g/mol. The molecule has 0 unspecified atom stereocenters. The van der Waals surface area contributed by atoms with Crippen LogP contribution in [0.25, 0.3) is 0 Å². The Labute approximate surface area is 135 Å². The van der Waals surface area contributed by atoms with Crippen LogP contribution in [0.15, 0.2) is 12.1 Å². The fourth-order valence-corrected chi connectivity index (χ4v) is 2.98. The lowest BCUT2D eigenvalue weighted by Gasteiger charge is -2.18. The van der Waals surface area contributed by atoms with Crippen LogP contribution in [0.4, 0.5) is 0 Å². The number of nitrogens with zero attached hydrogens (tertiary/aromatic N) is 1. The number of hydrogen-bond donors (Lipinski definition) is 1. The highest BCUT2D eigenvalue weighted by Gasteiger charge is 2.43. The van der Waals surface area contributed by atoms with Gasteiger partial charge < -0.3 is 10.1 Å². The molecule has 0 spiro atoms. The Hall–Kier alpha value is -0.950. The highest BCUT2D eigenvalue weighted by Crippen LogP contribution is 2.49. The number of halogens is 2. The maximum atomic E-state index is 8.88. The number of nitrogens with one attached hydrogen (secondary N) is 1. The van der Waals surface area contributed by atoms with Gasteiger partial charge in [-0.2, -0.15) is 5.26 Å². The minimum absolute atomic E-state index is 0.0406. The van der Waals surface area contributed by atoms with E-state index in [0.29, 0.717) is 41.4 Å². The molecule has 112 valence electrons. The molecule has 2 saturated carbocycles. The number of rotatable bonds is 7. The zero-order valence-corrected chi connectivity index (χ0v) is 13.3. The molecule has 0 aromatic heterocycles. The van der Waals surface area contributed by atoms with E-state index in [9.17, 15) is 0 Å². The van der Waals surface area contributed by atoms with Gasteiger partial charge >= 0.3 is 0 Å². The number of benzene rings is 1. The Morgan fingerprint density at radius 3 is 2.71 bits per heavy atom. The molecule has 2 aliphatic carbocycles. The van der Waals surface area contributed by atoms with Crippen LogP contribution in [0, 0.1) is 16.7 Å². The number of hydrogen-bond acceptors (Lipinski definition) is 3. The molecule has 3 nitrogen and oxygen atoms in total. The van der Waals surface area contributed by atoms with E-state index in [0.717, 1.165) is 18.4 Å². The summed E-state index contributed by atoms with van der Waals surface area (Å²) < 4.78 is 5.97. The summed E-state index contributed by atoms with van der Waals surface area (Å²) in [5.41, 5.74) is 1.03. The maximum Gasteiger partial charge on any atom is 0.142 e. The lowest BCUT2D eigenvalue weighted by Crippen LogP contribution is -2.18. The van der Waals surface area contributed by atoms with Crippen molar-refractivity contribution in [1.29, 1.82) is 5.26 Å². The van der Waals surface area contributed by atoms with Crippen LogP contribution in [-0.2, 0) is 6.54 Å². The second-order valence-corrected chi connectivity index (χ2v) is 7.00. The van der Waals surface area contributed by atoms with Crippen LogP contribution in [0.2, 0.25) is 10.0 Å². The van der Waals surface area contributed by atoms with E-state index in [-0.39, 0.29) is 5.41 Å². The molecule has 3 rings (SSSR count). The average Bonchev–Trinajstić information content (AvgIpc) is 3.32. The van der Waals surface area contributed by atoms with Crippen LogP contribution in [0.1, 0.15) is 37.7 Å². The van der Waals surface area contributed by atoms with Crippen LogP contribution in [-0.4, -0.2) is 12.6 Å². The molecule has 1 aromatic carbocycles. The molecule has 0 atom stereocenters. The lowest BCUT2D eigenvalue weighted by atomic mass is 10.1. The summed E-state index contributed by atoms with van der Waals surface area (Å²) in [5, 5.41) is 13.5. The summed E-state index contributed by atoms with van der Waals surface area (Å²) in [5.74, 6) is 0.707. The van der Waals surface area contributed by atoms with E-state index < -0.39 is 0 Å². The third-order valence-electron chi connectivity index (χ3n) is 4.18. The van der Waals surface area contributed by atoms with E-state index in [4.69, 9.17) is 33.2 Å². The predicted octanol–water partition coefficient (Wildman–Crippen LogP) is 4.32. The third kappa shape index (κ3) is 3.83. The summed E-state index contributed by atoms with van der Waals surface area (Å²) in [6, 6.07) is 6.48. The van der Waals surface area contributed by atoms with Crippen molar-refractivity contribution in [3.63, 3.8) is 0 Å². The van der Waals surface area contributed by atoms with Gasteiger partial charge in [0.25, 0.3) is 0 Å². The summed E-state index contributed by atoms with van der Waals surface area (Å²) >= 11 is 12.4. The Kier molecular flexibility index (Phi) is 4.31. The zero-order chi connectivity index (χ0) is 14.9. The van der Waals surface area contributed by atoms with Crippen molar-refractivity contribution in [3.05, 3.63) is 27.7 Å². The number of ether oxygens (including phenoxy) is 1. The van der Waals surface area contributed by atoms with Gasteiger partial charge in [0.2, 0.25) is 0 Å². The minimum atomic E-state index is 0.0406. The molecular weight excluding hydrogens is 307 g/mol. The summed E-state index contributed by atoms with van der Waals surface area (Å²) in [6.45, 7) is 1.27. The molecule has 1 aromatic rings. The van der Waals surface area contributed by atoms with E-state index in [1.807, 2.05) is 6.07 Å². The summed E-state index contributed by atoms with van der Waals surface area (Å²) in [6.07, 6.45) is 5.13. The Balaban J connectivity index is 1.71. The first-order chi connectivity index (χ1) is 10.1. The molecule has 0 aliphatic heterocycles. The maximum absolute atomic E-state index is 8.88. The van der Waals surface area contributed by atoms with Crippen LogP contribution >= 0.6 is 23.2 Å². The molecule has 21 heavy (non-hydrogen) atoms. The van der Waals surface area contributed by atoms with Gasteiger partial charge in [-0.05, 0) is 37.8 Å². The van der Waals surface area contributed by atoms with Gasteiger partial charge in [-0.15, -0.1) is 0 Å². The molecule has 0 amide bonds. The molecule has 5 heteroatoms. The molecule has 2 aliphatic rings. The second-order valence-electron chi connectivity index (χ2n) is 6.15. The summed E-state index contributed by atoms with van der Waals surface area (Å²) in [7, 11) is 0. The van der Waals surface area contributed by atoms with Gasteiger partial charge in [-0.1, -0.05) is 23.2 Å². The van der Waals surface area contributed by atoms with Crippen molar-refractivity contribution in [1.82, 2.24) is 5.32 Å². The SMILES string of the molecule is N#CCC1(COc2c(Cl)cc(Cl)cc2CNC2CC2)CC1. The van der Waals surface area contributed by atoms with E-state index in [1.54, 1.807) is 6.07 Å². The van der Waals surface area contributed by atoms with Crippen molar-refractivity contribution in [2.45, 2.75) is 44.7 Å². The van der Waals surface area contributed by atoms with Crippen LogP contribution < -0.4 is 10.1 Å². The standard InChI is InChI=1S/C16H18Cl2N2O/c17-12-7-11(9-20-13-1-2-13)15(14(18)8-12)21-10-16(3-4-16)5-6-19/h7-8,13,20H,1-5,9-10H2. The highest BCUT2D eigenvalue weighted by atomic mass is 35.5. The molecule has 0 heterocycles. The van der Waals surface area contributed by atoms with Gasteiger partial charge in [0.05, 0.1) is 17.7 Å². The second kappa shape index (κ2) is 6.04. The van der Waals surface area contributed by atoms with E-state index >= 15 is 0 Å². The first-order valence-electron chi connectivity index (χ1n) is 7.33. The largest absolute Gasteiger partial charge is 0.491 e. The van der Waals surface area contributed by atoms with Crippen molar-refractivity contribution in [2.75, 3.05) is 6.61 Å². The predicted molar refractivity (Wildman–Crippen MR) is 83.7 cm³/mol. The first kappa shape index (κ1) is 15.0. The quantitative estimate of drug-likeness (QED) is 0.812. The van der Waals surface area contributed by atoms with Gasteiger partial charge in [0.15, 0.2) is 0 Å². The fourth-order valence-electron chi connectivity index (χ4n) is 2.39. The van der Waals surface area contributed by atoms with Crippen LogP contribution in [0.3, 0.4) is 0 Å². The van der Waals surface area contributed by atoms with Crippen molar-refractivity contribution in [3.8, 4) is 11.8 Å². The van der Waals surface area contributed by atoms with Gasteiger partial charge in [0.1, 0.15) is 5.75 Å². The third-order valence-corrected chi connectivity index (χ3v) is 4.68. The fraction of sp³-hybridized carbons (Fsp3) is 0.562. The van der Waals surface area contributed by atoms with Gasteiger partial charge in [0, 0.05) is 35.0 Å². The zero-order valence-electron chi connectivity index (χ0n) is 11.8. The Morgan fingerprint density at radius 1 is 1.33 bits per heavy atom. The smallest absolute Gasteiger partial charge is 0.142 e. The molecule has 2 fully saturated rings. The summed E-state index contributed by atoms with van der Waals surface area (Å²) in [4.78, 5) is 0. The van der Waals surface area contributed by atoms with Crippen molar-refractivity contribution in [2.24, 2.45) is 5.41 Å².